The highest BCUT2D eigenvalue weighted by Crippen LogP contribution is 2.32. The Morgan fingerprint density at radius 3 is 2.72 bits per heavy atom. The number of hydrazine groups is 1. The minimum absolute atomic E-state index is 0.0559. The molecule has 1 atom stereocenters. The van der Waals surface area contributed by atoms with Crippen LogP contribution in [0.2, 0.25) is 0 Å². The molecule has 0 fully saturated rings. The summed E-state index contributed by atoms with van der Waals surface area (Å²) in [5.41, 5.74) is 4.75. The maximum absolute atomic E-state index is 5.68. The molecule has 96 valence electrons. The lowest BCUT2D eigenvalue weighted by molar-refractivity contribution is 0.543. The van der Waals surface area contributed by atoms with E-state index in [9.17, 15) is 0 Å². The van der Waals surface area contributed by atoms with E-state index in [2.05, 4.69) is 40.8 Å². The van der Waals surface area contributed by atoms with E-state index in [1.54, 1.807) is 12.4 Å². The Bertz CT molecular complexity index is 503. The third kappa shape index (κ3) is 2.55. The van der Waals surface area contributed by atoms with Crippen LogP contribution in [0.3, 0.4) is 0 Å². The summed E-state index contributed by atoms with van der Waals surface area (Å²) < 4.78 is 4.06. The molecule has 0 saturated heterocycles. The second kappa shape index (κ2) is 5.09. The van der Waals surface area contributed by atoms with E-state index in [-0.39, 0.29) is 11.5 Å². The van der Waals surface area contributed by atoms with Crippen molar-refractivity contribution in [2.75, 3.05) is 0 Å². The highest BCUT2D eigenvalue weighted by atomic mass is 32.1. The monoisotopic (exact) mass is 263 g/mol. The van der Waals surface area contributed by atoms with Crippen LogP contribution in [0.4, 0.5) is 0 Å². The summed E-state index contributed by atoms with van der Waals surface area (Å²) in [4.78, 5) is 5.16. The van der Waals surface area contributed by atoms with E-state index in [1.165, 1.54) is 11.5 Å². The number of pyridine rings is 1. The first-order valence-corrected chi connectivity index (χ1v) is 6.50. The van der Waals surface area contributed by atoms with Crippen molar-refractivity contribution < 1.29 is 0 Å². The summed E-state index contributed by atoms with van der Waals surface area (Å²) >= 11 is 1.37. The van der Waals surface area contributed by atoms with Gasteiger partial charge in [0, 0.05) is 17.8 Å². The molecule has 0 amide bonds. The zero-order valence-corrected chi connectivity index (χ0v) is 11.5. The van der Waals surface area contributed by atoms with Crippen LogP contribution in [0.5, 0.6) is 0 Å². The lowest BCUT2D eigenvalue weighted by atomic mass is 9.89. The molecule has 1 unspecified atom stereocenters. The first-order valence-electron chi connectivity index (χ1n) is 5.73. The Morgan fingerprint density at radius 2 is 2.17 bits per heavy atom. The molecule has 2 heterocycles. The molecule has 3 N–H and O–H groups in total. The van der Waals surface area contributed by atoms with Gasteiger partial charge in [-0.15, -0.1) is 5.10 Å². The van der Waals surface area contributed by atoms with Gasteiger partial charge < -0.3 is 0 Å². The van der Waals surface area contributed by atoms with Gasteiger partial charge in [-0.2, -0.15) is 0 Å². The number of nitrogens with zero attached hydrogens (tertiary/aromatic N) is 3. The summed E-state index contributed by atoms with van der Waals surface area (Å²) in [6.45, 7) is 6.35. The summed E-state index contributed by atoms with van der Waals surface area (Å²) in [6.07, 6.45) is 3.54. The first kappa shape index (κ1) is 13.1. The largest absolute Gasteiger partial charge is 0.271 e. The zero-order chi connectivity index (χ0) is 13.2. The topological polar surface area (TPSA) is 76.7 Å². The first-order chi connectivity index (χ1) is 8.54. The van der Waals surface area contributed by atoms with Gasteiger partial charge in [-0.25, -0.2) is 5.43 Å². The van der Waals surface area contributed by atoms with Gasteiger partial charge in [0.05, 0.1) is 16.6 Å². The smallest absolute Gasteiger partial charge is 0.0861 e. The summed E-state index contributed by atoms with van der Waals surface area (Å²) in [5.74, 6) is 5.68. The fourth-order valence-corrected chi connectivity index (χ4v) is 2.73. The predicted molar refractivity (Wildman–Crippen MR) is 72.0 cm³/mol. The predicted octanol–water partition coefficient (Wildman–Crippen LogP) is 1.78. The molecule has 5 nitrogen and oxygen atoms in total. The lowest BCUT2D eigenvalue weighted by Gasteiger charge is -2.21. The number of nitrogens with one attached hydrogen (secondary N) is 1. The van der Waals surface area contributed by atoms with Gasteiger partial charge in [-0.1, -0.05) is 31.3 Å². The van der Waals surface area contributed by atoms with Gasteiger partial charge in [0.1, 0.15) is 0 Å². The molecule has 2 rings (SSSR count). The molecule has 0 bridgehead atoms. The molecule has 0 radical (unpaired) electrons. The van der Waals surface area contributed by atoms with Crippen LogP contribution in [-0.2, 0) is 5.41 Å². The van der Waals surface area contributed by atoms with E-state index < -0.39 is 0 Å². The van der Waals surface area contributed by atoms with Gasteiger partial charge >= 0.3 is 0 Å². The molecule has 0 aliphatic carbocycles. The minimum atomic E-state index is -0.118. The zero-order valence-electron chi connectivity index (χ0n) is 10.7. The quantitative estimate of drug-likeness (QED) is 0.652. The van der Waals surface area contributed by atoms with Crippen LogP contribution >= 0.6 is 11.5 Å². The highest BCUT2D eigenvalue weighted by Gasteiger charge is 2.27. The Hall–Kier alpha value is -1.37. The molecule has 6 heteroatoms. The van der Waals surface area contributed by atoms with Crippen LogP contribution in [0, 0.1) is 0 Å². The standard InChI is InChI=1S/C12H17N5S/c1-12(2,3)11-10(18-17-16-11)9(15-13)8-5-4-6-14-7-8/h4-7,9,15H,13H2,1-3H3. The van der Waals surface area contributed by atoms with Crippen molar-refractivity contribution in [2.24, 2.45) is 5.84 Å². The molecular weight excluding hydrogens is 246 g/mol. The second-order valence-corrected chi connectivity index (χ2v) is 5.91. The van der Waals surface area contributed by atoms with Crippen LogP contribution < -0.4 is 11.3 Å². The third-order valence-corrected chi connectivity index (χ3v) is 3.46. The Labute approximate surface area is 111 Å². The third-order valence-electron chi connectivity index (χ3n) is 2.67. The van der Waals surface area contributed by atoms with Crippen molar-refractivity contribution >= 4 is 11.5 Å². The molecule has 0 spiro atoms. The molecular formula is C12H17N5S. The van der Waals surface area contributed by atoms with Crippen LogP contribution in [0.1, 0.15) is 42.9 Å². The number of hydrogen-bond acceptors (Lipinski definition) is 6. The van der Waals surface area contributed by atoms with Gasteiger partial charge in [0.25, 0.3) is 0 Å². The Morgan fingerprint density at radius 1 is 1.39 bits per heavy atom. The summed E-state index contributed by atoms with van der Waals surface area (Å²) in [7, 11) is 0. The molecule has 0 aliphatic rings. The van der Waals surface area contributed by atoms with E-state index in [1.807, 2.05) is 12.1 Å². The van der Waals surface area contributed by atoms with Crippen molar-refractivity contribution in [3.63, 3.8) is 0 Å². The molecule has 0 aliphatic heterocycles. The summed E-state index contributed by atoms with van der Waals surface area (Å²) in [5, 5.41) is 4.23. The van der Waals surface area contributed by atoms with Crippen LogP contribution in [0.25, 0.3) is 0 Å². The van der Waals surface area contributed by atoms with E-state index >= 15 is 0 Å². The Balaban J connectivity index is 2.44. The highest BCUT2D eigenvalue weighted by molar-refractivity contribution is 7.05. The second-order valence-electron chi connectivity index (χ2n) is 5.12. The van der Waals surface area contributed by atoms with E-state index in [0.717, 1.165) is 16.1 Å². The van der Waals surface area contributed by atoms with Crippen molar-refractivity contribution in [2.45, 2.75) is 32.2 Å². The van der Waals surface area contributed by atoms with E-state index in [4.69, 9.17) is 5.84 Å². The average molecular weight is 263 g/mol. The summed E-state index contributed by atoms with van der Waals surface area (Å²) in [6, 6.07) is 3.77. The fraction of sp³-hybridized carbons (Fsp3) is 0.417. The van der Waals surface area contributed by atoms with Crippen molar-refractivity contribution in [1.82, 2.24) is 20.0 Å². The minimum Gasteiger partial charge on any atom is -0.271 e. The van der Waals surface area contributed by atoms with Crippen LogP contribution in [0.15, 0.2) is 24.5 Å². The maximum atomic E-state index is 5.68. The normalized spacial score (nSPS) is 13.6. The Kier molecular flexibility index (Phi) is 3.70. The van der Waals surface area contributed by atoms with E-state index in [0.29, 0.717) is 0 Å². The van der Waals surface area contributed by atoms with Crippen molar-refractivity contribution in [3.8, 4) is 0 Å². The van der Waals surface area contributed by atoms with Gasteiger partial charge in [0.2, 0.25) is 0 Å². The number of nitrogens with two attached hydrogens (primary N) is 1. The number of hydrogen-bond donors (Lipinski definition) is 2. The molecule has 0 saturated carbocycles. The SMILES string of the molecule is CC(C)(C)c1nnsc1C(NN)c1cccnc1. The lowest BCUT2D eigenvalue weighted by Crippen LogP contribution is -2.30. The fourth-order valence-electron chi connectivity index (χ4n) is 1.78. The molecule has 2 aromatic heterocycles. The number of aromatic nitrogens is 3. The molecule has 2 aromatic rings. The molecule has 18 heavy (non-hydrogen) atoms. The van der Waals surface area contributed by atoms with Gasteiger partial charge in [-0.3, -0.25) is 10.8 Å². The van der Waals surface area contributed by atoms with Gasteiger partial charge in [-0.05, 0) is 23.2 Å². The van der Waals surface area contributed by atoms with Crippen LogP contribution in [-0.4, -0.2) is 14.6 Å². The van der Waals surface area contributed by atoms with Crippen molar-refractivity contribution in [3.05, 3.63) is 40.7 Å². The maximum Gasteiger partial charge on any atom is 0.0861 e. The van der Waals surface area contributed by atoms with Crippen molar-refractivity contribution in [1.29, 1.82) is 0 Å². The number of rotatable bonds is 3. The average Bonchev–Trinajstić information content (AvgIpc) is 2.80. The van der Waals surface area contributed by atoms with Gasteiger partial charge in [0.15, 0.2) is 0 Å². The molecule has 0 aromatic carbocycles.